The quantitative estimate of drug-likeness (QED) is 0.814. The van der Waals surface area contributed by atoms with Crippen LogP contribution in [0, 0.1) is 0 Å². The molecule has 0 bridgehead atoms. The number of amides is 2. The van der Waals surface area contributed by atoms with Gasteiger partial charge in [0.25, 0.3) is 0 Å². The summed E-state index contributed by atoms with van der Waals surface area (Å²) in [5, 5.41) is 2.49. The lowest BCUT2D eigenvalue weighted by Gasteiger charge is -2.32. The van der Waals surface area contributed by atoms with E-state index in [1.165, 1.54) is 11.8 Å². The number of hydrogen-bond donors (Lipinski definition) is 2. The molecule has 2 amide bonds. The molecular weight excluding hydrogens is 334 g/mol. The van der Waals surface area contributed by atoms with Crippen LogP contribution in [0.25, 0.3) is 0 Å². The van der Waals surface area contributed by atoms with E-state index < -0.39 is 5.25 Å². The molecule has 1 unspecified atom stereocenters. The Morgan fingerprint density at radius 2 is 2.08 bits per heavy atom. The van der Waals surface area contributed by atoms with E-state index in [1.807, 2.05) is 42.5 Å². The highest BCUT2D eigenvalue weighted by Gasteiger charge is 2.32. The minimum Gasteiger partial charge on any atom is -0.398 e. The van der Waals surface area contributed by atoms with Crippen molar-refractivity contribution in [3.63, 3.8) is 0 Å². The van der Waals surface area contributed by atoms with Gasteiger partial charge in [-0.05, 0) is 42.7 Å². The highest BCUT2D eigenvalue weighted by Crippen LogP contribution is 2.38. The zero-order valence-electron chi connectivity index (χ0n) is 13.7. The summed E-state index contributed by atoms with van der Waals surface area (Å²) in [5.41, 5.74) is 9.53. The molecule has 0 saturated carbocycles. The lowest BCUT2D eigenvalue weighted by molar-refractivity contribution is -0.122. The fourth-order valence-electron chi connectivity index (χ4n) is 3.41. The summed E-state index contributed by atoms with van der Waals surface area (Å²) in [7, 11) is 0. The van der Waals surface area contributed by atoms with Crippen LogP contribution in [0.4, 0.5) is 17.1 Å². The van der Waals surface area contributed by atoms with Crippen LogP contribution in [0.2, 0.25) is 0 Å². The molecule has 0 aliphatic carbocycles. The fourth-order valence-corrected chi connectivity index (χ4v) is 4.51. The Labute approximate surface area is 150 Å². The second kappa shape index (κ2) is 6.44. The average Bonchev–Trinajstić information content (AvgIpc) is 2.62. The number of carbonyl (C=O) groups is 2. The zero-order chi connectivity index (χ0) is 17.4. The van der Waals surface area contributed by atoms with Crippen molar-refractivity contribution in [1.82, 2.24) is 0 Å². The van der Waals surface area contributed by atoms with Crippen LogP contribution >= 0.6 is 11.8 Å². The van der Waals surface area contributed by atoms with Gasteiger partial charge in [-0.25, -0.2) is 0 Å². The number of carbonyl (C=O) groups excluding carboxylic acids is 2. The van der Waals surface area contributed by atoms with Crippen molar-refractivity contribution < 1.29 is 9.59 Å². The highest BCUT2D eigenvalue weighted by molar-refractivity contribution is 8.01. The fraction of sp³-hybridized carbons (Fsp3) is 0.263. The molecule has 0 fully saturated rings. The molecule has 4 rings (SSSR count). The van der Waals surface area contributed by atoms with Gasteiger partial charge in [0.2, 0.25) is 11.8 Å². The first-order valence-corrected chi connectivity index (χ1v) is 9.26. The number of benzene rings is 2. The predicted molar refractivity (Wildman–Crippen MR) is 101 cm³/mol. The third-order valence-electron chi connectivity index (χ3n) is 4.65. The van der Waals surface area contributed by atoms with Crippen LogP contribution in [-0.2, 0) is 16.0 Å². The minimum absolute atomic E-state index is 0.0291. The summed E-state index contributed by atoms with van der Waals surface area (Å²) in [4.78, 5) is 28.0. The molecule has 6 heteroatoms. The van der Waals surface area contributed by atoms with Crippen LogP contribution in [0.15, 0.2) is 47.4 Å². The third kappa shape index (κ3) is 2.98. The first-order valence-electron chi connectivity index (χ1n) is 8.38. The minimum atomic E-state index is -0.408. The molecule has 5 nitrogen and oxygen atoms in total. The molecule has 2 aromatic rings. The second-order valence-corrected chi connectivity index (χ2v) is 7.53. The Morgan fingerprint density at radius 1 is 1.24 bits per heavy atom. The Hall–Kier alpha value is -2.47. The molecule has 2 aliphatic rings. The van der Waals surface area contributed by atoms with E-state index in [1.54, 1.807) is 4.90 Å². The third-order valence-corrected chi connectivity index (χ3v) is 5.93. The summed E-state index contributed by atoms with van der Waals surface area (Å²) in [6.07, 6.45) is 1.96. The Morgan fingerprint density at radius 3 is 2.96 bits per heavy atom. The Kier molecular flexibility index (Phi) is 4.13. The average molecular weight is 353 g/mol. The number of nitrogens with one attached hydrogen (secondary N) is 1. The lowest BCUT2D eigenvalue weighted by Crippen LogP contribution is -2.40. The maximum absolute atomic E-state index is 12.9. The van der Waals surface area contributed by atoms with Crippen molar-refractivity contribution in [3.05, 3.63) is 48.0 Å². The molecule has 1 atom stereocenters. The normalized spacial score (nSPS) is 19.0. The number of fused-ring (bicyclic) bond motifs is 2. The molecule has 25 heavy (non-hydrogen) atoms. The van der Waals surface area contributed by atoms with E-state index in [0.29, 0.717) is 6.54 Å². The van der Waals surface area contributed by atoms with Gasteiger partial charge in [-0.2, -0.15) is 0 Å². The molecule has 128 valence electrons. The van der Waals surface area contributed by atoms with Crippen LogP contribution in [-0.4, -0.2) is 23.6 Å². The molecule has 2 aliphatic heterocycles. The molecule has 2 aromatic carbocycles. The molecule has 0 saturated heterocycles. The summed E-state index contributed by atoms with van der Waals surface area (Å²) < 4.78 is 0. The van der Waals surface area contributed by atoms with E-state index in [-0.39, 0.29) is 18.2 Å². The van der Waals surface area contributed by atoms with Crippen LogP contribution in [0.3, 0.4) is 0 Å². The standard InChI is InChI=1S/C19H19N3O2S/c20-13-6-3-8-15-12(13)5-4-10-22(15)18(23)11-17-19(24)21-14-7-1-2-9-16(14)25-17/h1-3,6-9,17H,4-5,10-11,20H2,(H,21,24). The monoisotopic (exact) mass is 353 g/mol. The van der Waals surface area contributed by atoms with Crippen LogP contribution < -0.4 is 16.0 Å². The van der Waals surface area contributed by atoms with E-state index in [4.69, 9.17) is 5.73 Å². The number of nitrogens with two attached hydrogens (primary N) is 1. The van der Waals surface area contributed by atoms with Gasteiger partial charge in [0.1, 0.15) is 0 Å². The maximum Gasteiger partial charge on any atom is 0.238 e. The van der Waals surface area contributed by atoms with Gasteiger partial charge in [0, 0.05) is 29.2 Å². The summed E-state index contributed by atoms with van der Waals surface area (Å²) in [6.45, 7) is 0.672. The molecule has 0 spiro atoms. The largest absolute Gasteiger partial charge is 0.398 e. The van der Waals surface area contributed by atoms with Gasteiger partial charge in [-0.1, -0.05) is 18.2 Å². The van der Waals surface area contributed by atoms with Crippen molar-refractivity contribution in [2.24, 2.45) is 0 Å². The smallest absolute Gasteiger partial charge is 0.238 e. The topological polar surface area (TPSA) is 75.4 Å². The van der Waals surface area contributed by atoms with E-state index >= 15 is 0 Å². The number of thioether (sulfide) groups is 1. The lowest BCUT2D eigenvalue weighted by atomic mass is 9.99. The van der Waals surface area contributed by atoms with Crippen molar-refractivity contribution in [2.45, 2.75) is 29.4 Å². The second-order valence-electron chi connectivity index (χ2n) is 6.29. The number of rotatable bonds is 2. The van der Waals surface area contributed by atoms with Crippen LogP contribution in [0.5, 0.6) is 0 Å². The number of nitrogen functional groups attached to an aromatic ring is 1. The Bertz CT molecular complexity index is 852. The summed E-state index contributed by atoms with van der Waals surface area (Å²) in [6, 6.07) is 13.3. The predicted octanol–water partition coefficient (Wildman–Crippen LogP) is 3.05. The molecule has 2 heterocycles. The first kappa shape index (κ1) is 16.0. The SMILES string of the molecule is Nc1cccc2c1CCCN2C(=O)CC1Sc2ccccc2NC1=O. The van der Waals surface area contributed by atoms with E-state index in [9.17, 15) is 9.59 Å². The number of hydrogen-bond acceptors (Lipinski definition) is 4. The summed E-state index contributed by atoms with van der Waals surface area (Å²) in [5.74, 6) is -0.138. The van der Waals surface area contributed by atoms with Crippen molar-refractivity contribution in [2.75, 3.05) is 22.5 Å². The number of para-hydroxylation sites is 1. The number of anilines is 3. The van der Waals surface area contributed by atoms with Gasteiger partial charge in [-0.3, -0.25) is 9.59 Å². The molecule has 3 N–H and O–H groups in total. The summed E-state index contributed by atoms with van der Waals surface area (Å²) >= 11 is 1.46. The van der Waals surface area contributed by atoms with Crippen LogP contribution in [0.1, 0.15) is 18.4 Å². The van der Waals surface area contributed by atoms with E-state index in [2.05, 4.69) is 5.32 Å². The van der Waals surface area contributed by atoms with E-state index in [0.717, 1.165) is 40.4 Å². The zero-order valence-corrected chi connectivity index (χ0v) is 14.5. The van der Waals surface area contributed by atoms with Crippen molar-refractivity contribution in [3.8, 4) is 0 Å². The van der Waals surface area contributed by atoms with Crippen molar-refractivity contribution >= 4 is 40.6 Å². The van der Waals surface area contributed by atoms with Gasteiger partial charge < -0.3 is 16.0 Å². The van der Waals surface area contributed by atoms with Crippen molar-refractivity contribution in [1.29, 1.82) is 0 Å². The highest BCUT2D eigenvalue weighted by atomic mass is 32.2. The Balaban J connectivity index is 1.54. The first-order chi connectivity index (χ1) is 12.1. The molecule has 0 radical (unpaired) electrons. The maximum atomic E-state index is 12.9. The molecule has 0 aromatic heterocycles. The number of nitrogens with zero attached hydrogens (tertiary/aromatic N) is 1. The van der Waals surface area contributed by atoms with Gasteiger partial charge in [0.05, 0.1) is 10.9 Å². The van der Waals surface area contributed by atoms with Gasteiger partial charge >= 0.3 is 0 Å². The van der Waals surface area contributed by atoms with Gasteiger partial charge in [-0.15, -0.1) is 11.8 Å². The van der Waals surface area contributed by atoms with Gasteiger partial charge in [0.15, 0.2) is 0 Å². The molecular formula is C19H19N3O2S.